The maximum atomic E-state index is 4.14. The van der Waals surface area contributed by atoms with Gasteiger partial charge in [0.1, 0.15) is 13.2 Å². The molecule has 2 aliphatic heterocycles. The lowest BCUT2D eigenvalue weighted by Crippen LogP contribution is -1.82. The first-order chi connectivity index (χ1) is 3.91. The van der Waals surface area contributed by atoms with Crippen LogP contribution < -0.4 is 0 Å². The van der Waals surface area contributed by atoms with Gasteiger partial charge in [-0.25, -0.2) is 0 Å². The smallest absolute Gasteiger partial charge is 0.120 e. The zero-order chi connectivity index (χ0) is 5.45. The molecule has 42 valence electrons. The Balaban J connectivity index is 2.40. The number of rotatable bonds is 0. The van der Waals surface area contributed by atoms with E-state index in [1.165, 1.54) is 19.0 Å². The molecule has 0 aliphatic carbocycles. The minimum Gasteiger partial charge on any atom is -0.180 e. The summed E-state index contributed by atoms with van der Waals surface area (Å²) in [6.45, 7) is 0. The van der Waals surface area contributed by atoms with Gasteiger partial charge in [-0.2, -0.15) is 9.53 Å². The molecule has 0 fully saturated rings. The molecule has 2 nitrogen and oxygen atoms in total. The van der Waals surface area contributed by atoms with Gasteiger partial charge in [-0.15, -0.1) is 0 Å². The highest BCUT2D eigenvalue weighted by atomic mass is 31.2. The van der Waals surface area contributed by atoms with Crippen LogP contribution in [0.25, 0.3) is 0 Å². The second-order valence-corrected chi connectivity index (χ2v) is 4.92. The lowest BCUT2D eigenvalue weighted by molar-refractivity contribution is 1.04. The fraction of sp³-hybridized carbons (Fsp3) is 0.600. The maximum Gasteiger partial charge on any atom is 0.120 e. The third-order valence-corrected chi connectivity index (χ3v) is 4.24. The summed E-state index contributed by atoms with van der Waals surface area (Å²) in [5.41, 5.74) is 0. The van der Waals surface area contributed by atoms with E-state index in [1.807, 2.05) is 0 Å². The van der Waals surface area contributed by atoms with Gasteiger partial charge in [-0.05, 0) is 18.6 Å². The van der Waals surface area contributed by atoms with Crippen molar-refractivity contribution in [3.05, 3.63) is 0 Å². The molecule has 2 aliphatic rings. The third-order valence-electron chi connectivity index (χ3n) is 1.55. The van der Waals surface area contributed by atoms with E-state index >= 15 is 0 Å². The van der Waals surface area contributed by atoms with Crippen LogP contribution in [0.3, 0.4) is 0 Å². The number of hydrogen-bond acceptors (Lipinski definition) is 2. The molecule has 0 radical (unpaired) electrons. The van der Waals surface area contributed by atoms with Crippen LogP contribution in [0.2, 0.25) is 0 Å². The molecule has 0 saturated carbocycles. The molecular formula is C5H7N2P. The van der Waals surface area contributed by atoms with Crippen molar-refractivity contribution < 1.29 is 0 Å². The average Bonchev–Trinajstić information content (AvgIpc) is 2.07. The Morgan fingerprint density at radius 2 is 2.38 bits per heavy atom. The molecule has 2 heterocycles. The SMILES string of the molecule is C1=NP2(=CCCC2)N=1. The number of nitrogens with zero attached hydrogens (tertiary/aromatic N) is 2. The van der Waals surface area contributed by atoms with Crippen LogP contribution in [0.5, 0.6) is 0 Å². The molecular weight excluding hydrogens is 119 g/mol. The molecule has 0 bridgehead atoms. The normalized spacial score (nSPS) is 28.0. The van der Waals surface area contributed by atoms with Crippen molar-refractivity contribution in [2.75, 3.05) is 6.16 Å². The molecule has 0 N–H and O–H groups in total. The predicted octanol–water partition coefficient (Wildman–Crippen LogP) is 1.62. The summed E-state index contributed by atoms with van der Waals surface area (Å²) in [6.07, 6.45) is 3.74. The van der Waals surface area contributed by atoms with Crippen molar-refractivity contribution >= 4 is 19.0 Å². The highest BCUT2D eigenvalue weighted by molar-refractivity contribution is 7.74. The molecule has 0 aromatic rings. The molecule has 0 aromatic heterocycles. The van der Waals surface area contributed by atoms with Gasteiger partial charge in [0.15, 0.2) is 0 Å². The van der Waals surface area contributed by atoms with Gasteiger partial charge < -0.3 is 0 Å². The summed E-state index contributed by atoms with van der Waals surface area (Å²) in [7, 11) is -1.11. The molecule has 1 spiro atoms. The van der Waals surface area contributed by atoms with E-state index < -0.39 is 7.19 Å². The highest BCUT2D eigenvalue weighted by Gasteiger charge is 2.21. The van der Waals surface area contributed by atoms with E-state index in [9.17, 15) is 0 Å². The van der Waals surface area contributed by atoms with Gasteiger partial charge in [-0.3, -0.25) is 0 Å². The minimum atomic E-state index is -1.11. The summed E-state index contributed by atoms with van der Waals surface area (Å²) in [6, 6.07) is 2.61. The van der Waals surface area contributed by atoms with Crippen LogP contribution in [-0.4, -0.2) is 18.0 Å². The first-order valence-corrected chi connectivity index (χ1v) is 4.78. The summed E-state index contributed by atoms with van der Waals surface area (Å²) >= 11 is 0. The topological polar surface area (TPSA) is 24.7 Å². The van der Waals surface area contributed by atoms with Gasteiger partial charge in [0.25, 0.3) is 0 Å². The van der Waals surface area contributed by atoms with Crippen LogP contribution >= 0.6 is 7.19 Å². The Morgan fingerprint density at radius 3 is 2.62 bits per heavy atom. The van der Waals surface area contributed by atoms with Gasteiger partial charge in [0, 0.05) is 6.16 Å². The number of hydrogen-bond donors (Lipinski definition) is 0. The van der Waals surface area contributed by atoms with E-state index in [2.05, 4.69) is 21.3 Å². The second-order valence-electron chi connectivity index (χ2n) is 2.13. The van der Waals surface area contributed by atoms with Crippen molar-refractivity contribution in [2.24, 2.45) is 9.53 Å². The Hall–Kier alpha value is -0.320. The van der Waals surface area contributed by atoms with Crippen molar-refractivity contribution in [2.45, 2.75) is 12.8 Å². The monoisotopic (exact) mass is 126 g/mol. The fourth-order valence-electron chi connectivity index (χ4n) is 1.05. The van der Waals surface area contributed by atoms with Crippen LogP contribution in [0, 0.1) is 0 Å². The quantitative estimate of drug-likeness (QED) is 0.440. The molecule has 2 rings (SSSR count). The van der Waals surface area contributed by atoms with Crippen molar-refractivity contribution in [3.8, 4) is 0 Å². The lowest BCUT2D eigenvalue weighted by atomic mass is 10.4. The standard InChI is InChI=1S/C5H7N2P/c1-2-4-8(3-1)6-5-7-8/h3H,1-2,4H2. The van der Waals surface area contributed by atoms with Crippen LogP contribution in [0.4, 0.5) is 0 Å². The zero-order valence-corrected chi connectivity index (χ0v) is 5.43. The largest absolute Gasteiger partial charge is 0.180 e. The average molecular weight is 126 g/mol. The van der Waals surface area contributed by atoms with Crippen molar-refractivity contribution in [3.63, 3.8) is 0 Å². The zero-order valence-electron chi connectivity index (χ0n) is 4.54. The first-order valence-electron chi connectivity index (χ1n) is 2.83. The van der Waals surface area contributed by atoms with E-state index in [-0.39, 0.29) is 0 Å². The third kappa shape index (κ3) is 0.447. The maximum absolute atomic E-state index is 4.14. The predicted molar refractivity (Wildman–Crippen MR) is 36.9 cm³/mol. The van der Waals surface area contributed by atoms with Gasteiger partial charge in [-0.1, -0.05) is 0 Å². The molecule has 0 amide bonds. The Labute approximate surface area is 48.4 Å². The van der Waals surface area contributed by atoms with Crippen LogP contribution in [0.1, 0.15) is 12.8 Å². The minimum absolute atomic E-state index is 1.11. The van der Waals surface area contributed by atoms with Gasteiger partial charge in [0.2, 0.25) is 0 Å². The summed E-state index contributed by atoms with van der Waals surface area (Å²) in [5, 5.41) is 0. The van der Waals surface area contributed by atoms with Gasteiger partial charge >= 0.3 is 0 Å². The fourth-order valence-corrected chi connectivity index (χ4v) is 3.16. The summed E-state index contributed by atoms with van der Waals surface area (Å²) < 4.78 is 8.28. The molecule has 3 heteroatoms. The Bertz CT molecular complexity index is 211. The second kappa shape index (κ2) is 1.34. The van der Waals surface area contributed by atoms with Crippen molar-refractivity contribution in [1.29, 1.82) is 0 Å². The lowest BCUT2D eigenvalue weighted by Gasteiger charge is -2.10. The highest BCUT2D eigenvalue weighted by Crippen LogP contribution is 2.57. The molecule has 8 heavy (non-hydrogen) atoms. The van der Waals surface area contributed by atoms with Crippen molar-refractivity contribution in [1.82, 2.24) is 0 Å². The molecule has 0 aromatic carbocycles. The molecule has 0 unspecified atom stereocenters. The van der Waals surface area contributed by atoms with E-state index in [0.29, 0.717) is 0 Å². The Kier molecular flexibility index (Phi) is 0.762. The molecule has 0 saturated heterocycles. The van der Waals surface area contributed by atoms with Gasteiger partial charge in [0.05, 0.1) is 0 Å². The summed E-state index contributed by atoms with van der Waals surface area (Å²) in [4.78, 5) is 0. The Morgan fingerprint density at radius 1 is 1.50 bits per heavy atom. The van der Waals surface area contributed by atoms with Crippen LogP contribution in [-0.2, 0) is 0 Å². The van der Waals surface area contributed by atoms with E-state index in [1.54, 1.807) is 0 Å². The molecule has 0 atom stereocenters. The van der Waals surface area contributed by atoms with Crippen LogP contribution in [0.15, 0.2) is 9.53 Å². The summed E-state index contributed by atoms with van der Waals surface area (Å²) in [5.74, 6) is 2.28. The van der Waals surface area contributed by atoms with E-state index in [4.69, 9.17) is 0 Å². The van der Waals surface area contributed by atoms with E-state index in [0.717, 1.165) is 0 Å². The first kappa shape index (κ1) is 4.55.